The third-order valence-electron chi connectivity index (χ3n) is 0.826. The van der Waals surface area contributed by atoms with Crippen molar-refractivity contribution in [2.45, 2.75) is 6.42 Å². The second-order valence-electron chi connectivity index (χ2n) is 1.70. The SMILES string of the molecule is NCCCS(=O)(=O)CF. The Morgan fingerprint density at radius 3 is 2.33 bits per heavy atom. The van der Waals surface area contributed by atoms with Crippen LogP contribution in [-0.4, -0.2) is 26.7 Å². The van der Waals surface area contributed by atoms with Gasteiger partial charge in [-0.05, 0) is 13.0 Å². The van der Waals surface area contributed by atoms with E-state index in [-0.39, 0.29) is 5.75 Å². The zero-order chi connectivity index (χ0) is 7.33. The van der Waals surface area contributed by atoms with Crippen LogP contribution in [0.25, 0.3) is 0 Å². The molecule has 0 radical (unpaired) electrons. The first-order chi connectivity index (χ1) is 4.12. The third kappa shape index (κ3) is 4.35. The molecular formula is C4H10FNO2S. The monoisotopic (exact) mass is 155 g/mol. The van der Waals surface area contributed by atoms with E-state index in [2.05, 4.69) is 0 Å². The van der Waals surface area contributed by atoms with E-state index in [0.29, 0.717) is 13.0 Å². The molecule has 2 N–H and O–H groups in total. The maximum atomic E-state index is 11.5. The van der Waals surface area contributed by atoms with Crippen molar-refractivity contribution in [2.24, 2.45) is 5.73 Å². The van der Waals surface area contributed by atoms with Crippen LogP contribution >= 0.6 is 0 Å². The molecule has 0 atom stereocenters. The van der Waals surface area contributed by atoms with E-state index in [0.717, 1.165) is 0 Å². The summed E-state index contributed by atoms with van der Waals surface area (Å²) in [6, 6.07) is -1.27. The zero-order valence-electron chi connectivity index (χ0n) is 5.01. The van der Waals surface area contributed by atoms with Gasteiger partial charge in [-0.25, -0.2) is 12.8 Å². The van der Waals surface area contributed by atoms with E-state index >= 15 is 0 Å². The van der Waals surface area contributed by atoms with Crippen molar-refractivity contribution in [1.29, 1.82) is 0 Å². The molecule has 0 aliphatic carbocycles. The maximum Gasteiger partial charge on any atom is 0.190 e. The second kappa shape index (κ2) is 3.79. The molecular weight excluding hydrogens is 145 g/mol. The number of hydrogen-bond donors (Lipinski definition) is 1. The zero-order valence-corrected chi connectivity index (χ0v) is 5.82. The van der Waals surface area contributed by atoms with Crippen LogP contribution in [0.5, 0.6) is 0 Å². The fourth-order valence-corrected chi connectivity index (χ4v) is 1.07. The molecule has 0 rings (SSSR count). The van der Waals surface area contributed by atoms with Crippen LogP contribution < -0.4 is 5.73 Å². The molecule has 3 nitrogen and oxygen atoms in total. The number of hydrogen-bond acceptors (Lipinski definition) is 3. The van der Waals surface area contributed by atoms with Gasteiger partial charge in [0, 0.05) is 0 Å². The van der Waals surface area contributed by atoms with Crippen molar-refractivity contribution in [3.63, 3.8) is 0 Å². The van der Waals surface area contributed by atoms with Gasteiger partial charge in [-0.1, -0.05) is 0 Å². The molecule has 0 aromatic carbocycles. The molecule has 9 heavy (non-hydrogen) atoms. The van der Waals surface area contributed by atoms with Crippen LogP contribution in [0.1, 0.15) is 6.42 Å². The fraction of sp³-hybridized carbons (Fsp3) is 1.00. The Labute approximate surface area is 54.0 Å². The molecule has 0 bridgehead atoms. The van der Waals surface area contributed by atoms with Gasteiger partial charge in [0.1, 0.15) is 0 Å². The average molecular weight is 155 g/mol. The number of nitrogens with two attached hydrogens (primary N) is 1. The molecule has 0 unspecified atom stereocenters. The van der Waals surface area contributed by atoms with Gasteiger partial charge in [-0.15, -0.1) is 0 Å². The summed E-state index contributed by atoms with van der Waals surface area (Å²) in [6.07, 6.45) is 0.340. The topological polar surface area (TPSA) is 60.2 Å². The molecule has 56 valence electrons. The third-order valence-corrected chi connectivity index (χ3v) is 2.07. The summed E-state index contributed by atoms with van der Waals surface area (Å²) < 4.78 is 32.1. The Balaban J connectivity index is 3.61. The van der Waals surface area contributed by atoms with E-state index in [1.807, 2.05) is 0 Å². The minimum absolute atomic E-state index is 0.139. The van der Waals surface area contributed by atoms with E-state index in [1.165, 1.54) is 0 Å². The van der Waals surface area contributed by atoms with Crippen LogP contribution in [0.15, 0.2) is 0 Å². The van der Waals surface area contributed by atoms with E-state index in [4.69, 9.17) is 5.73 Å². The number of alkyl halides is 1. The molecule has 0 aliphatic heterocycles. The highest BCUT2D eigenvalue weighted by atomic mass is 32.2. The first-order valence-electron chi connectivity index (χ1n) is 2.59. The Morgan fingerprint density at radius 2 is 2.00 bits per heavy atom. The first-order valence-corrected chi connectivity index (χ1v) is 4.41. The van der Waals surface area contributed by atoms with Gasteiger partial charge in [-0.2, -0.15) is 0 Å². The lowest BCUT2D eigenvalue weighted by Crippen LogP contribution is -2.11. The molecule has 0 amide bonds. The normalized spacial score (nSPS) is 11.8. The van der Waals surface area contributed by atoms with Crippen molar-refractivity contribution < 1.29 is 12.8 Å². The molecule has 0 fully saturated rings. The van der Waals surface area contributed by atoms with Crippen LogP contribution in [0.3, 0.4) is 0 Å². The van der Waals surface area contributed by atoms with Gasteiger partial charge in [0.15, 0.2) is 15.8 Å². The highest BCUT2D eigenvalue weighted by molar-refractivity contribution is 7.91. The van der Waals surface area contributed by atoms with Crippen LogP contribution in [0.2, 0.25) is 0 Å². The summed E-state index contributed by atoms with van der Waals surface area (Å²) in [5.74, 6) is -0.139. The molecule has 0 aromatic heterocycles. The Kier molecular flexibility index (Phi) is 3.72. The minimum Gasteiger partial charge on any atom is -0.330 e. The van der Waals surface area contributed by atoms with Crippen molar-refractivity contribution in [3.8, 4) is 0 Å². The van der Waals surface area contributed by atoms with Gasteiger partial charge in [-0.3, -0.25) is 0 Å². The second-order valence-corrected chi connectivity index (χ2v) is 3.81. The molecule has 0 saturated carbocycles. The molecule has 0 heterocycles. The van der Waals surface area contributed by atoms with E-state index in [1.54, 1.807) is 0 Å². The number of rotatable bonds is 4. The minimum atomic E-state index is -3.43. The number of sulfone groups is 1. The van der Waals surface area contributed by atoms with Crippen molar-refractivity contribution in [3.05, 3.63) is 0 Å². The lowest BCUT2D eigenvalue weighted by atomic mass is 10.5. The number of halogens is 1. The summed E-state index contributed by atoms with van der Waals surface area (Å²) in [5.41, 5.74) is 5.00. The quantitative estimate of drug-likeness (QED) is 0.605. The summed E-state index contributed by atoms with van der Waals surface area (Å²) >= 11 is 0. The van der Waals surface area contributed by atoms with Gasteiger partial charge in [0.05, 0.1) is 5.75 Å². The van der Waals surface area contributed by atoms with E-state index in [9.17, 15) is 12.8 Å². The average Bonchev–Trinajstić information content (AvgIpc) is 1.84. The lowest BCUT2D eigenvalue weighted by molar-refractivity contribution is 0.533. The summed E-state index contributed by atoms with van der Waals surface area (Å²) in [6.45, 7) is 0.291. The summed E-state index contributed by atoms with van der Waals surface area (Å²) in [5, 5.41) is 0. The summed E-state index contributed by atoms with van der Waals surface area (Å²) in [7, 11) is -3.43. The van der Waals surface area contributed by atoms with Gasteiger partial charge in [0.25, 0.3) is 0 Å². The standard InChI is InChI=1S/C4H10FNO2S/c5-4-9(7,8)3-1-2-6/h1-4,6H2. The van der Waals surface area contributed by atoms with Crippen molar-refractivity contribution >= 4 is 9.84 Å². The molecule has 0 spiro atoms. The predicted octanol–water partition coefficient (Wildman–Crippen LogP) is -0.323. The van der Waals surface area contributed by atoms with Crippen molar-refractivity contribution in [1.82, 2.24) is 0 Å². The highest BCUT2D eigenvalue weighted by Gasteiger charge is 2.07. The Morgan fingerprint density at radius 1 is 1.44 bits per heavy atom. The van der Waals surface area contributed by atoms with Crippen LogP contribution in [-0.2, 0) is 9.84 Å². The molecule has 5 heteroatoms. The highest BCUT2D eigenvalue weighted by Crippen LogP contribution is 1.92. The Hall–Kier alpha value is -0.160. The Bertz CT molecular complexity index is 154. The smallest absolute Gasteiger partial charge is 0.190 e. The molecule has 0 aromatic rings. The fourth-order valence-electron chi connectivity index (χ4n) is 0.358. The predicted molar refractivity (Wildman–Crippen MR) is 33.4 cm³/mol. The maximum absolute atomic E-state index is 11.5. The van der Waals surface area contributed by atoms with Crippen molar-refractivity contribution in [2.75, 3.05) is 18.3 Å². The van der Waals surface area contributed by atoms with Crippen LogP contribution in [0.4, 0.5) is 4.39 Å². The largest absolute Gasteiger partial charge is 0.330 e. The first kappa shape index (κ1) is 8.84. The molecule has 0 saturated heterocycles. The van der Waals surface area contributed by atoms with E-state index < -0.39 is 15.8 Å². The van der Waals surface area contributed by atoms with Gasteiger partial charge < -0.3 is 5.73 Å². The molecule has 0 aliphatic rings. The van der Waals surface area contributed by atoms with Gasteiger partial charge >= 0.3 is 0 Å². The van der Waals surface area contributed by atoms with Gasteiger partial charge in [0.2, 0.25) is 0 Å². The summed E-state index contributed by atoms with van der Waals surface area (Å²) in [4.78, 5) is 0. The van der Waals surface area contributed by atoms with Crippen LogP contribution in [0, 0.1) is 0 Å². The lowest BCUT2D eigenvalue weighted by Gasteiger charge is -1.94.